The van der Waals surface area contributed by atoms with Crippen molar-refractivity contribution >= 4 is 28.9 Å². The molecule has 0 spiro atoms. The van der Waals surface area contributed by atoms with Crippen molar-refractivity contribution in [3.63, 3.8) is 0 Å². The minimum Gasteiger partial charge on any atom is -0.486 e. The Balaban J connectivity index is 1.41. The number of halogens is 1. The predicted molar refractivity (Wildman–Crippen MR) is 98.1 cm³/mol. The average molecular weight is 381 g/mol. The highest BCUT2D eigenvalue weighted by atomic mass is 35.5. The van der Waals surface area contributed by atoms with Gasteiger partial charge in [0.25, 0.3) is 0 Å². The van der Waals surface area contributed by atoms with Gasteiger partial charge in [-0.15, -0.1) is 11.3 Å². The third kappa shape index (κ3) is 5.42. The molecule has 2 N–H and O–H groups in total. The Labute approximate surface area is 156 Å². The van der Waals surface area contributed by atoms with Gasteiger partial charge in [-0.25, -0.2) is 4.98 Å². The monoisotopic (exact) mass is 380 g/mol. The maximum absolute atomic E-state index is 11.0. The number of carboxylic acids is 1. The van der Waals surface area contributed by atoms with Crippen molar-refractivity contribution in [2.45, 2.75) is 44.9 Å². The van der Waals surface area contributed by atoms with Gasteiger partial charge >= 0.3 is 5.97 Å². The van der Waals surface area contributed by atoms with E-state index in [1.807, 2.05) is 17.5 Å². The third-order valence-electron chi connectivity index (χ3n) is 4.42. The molecule has 1 heterocycles. The van der Waals surface area contributed by atoms with Crippen molar-refractivity contribution in [1.29, 1.82) is 0 Å². The van der Waals surface area contributed by atoms with Gasteiger partial charge in [-0.05, 0) is 49.9 Å². The lowest BCUT2D eigenvalue weighted by Gasteiger charge is -2.26. The van der Waals surface area contributed by atoms with Crippen LogP contribution in [0.3, 0.4) is 0 Å². The molecular formula is C18H21ClN2O3S. The van der Waals surface area contributed by atoms with Crippen LogP contribution in [0.2, 0.25) is 5.02 Å². The van der Waals surface area contributed by atoms with Gasteiger partial charge in [0.2, 0.25) is 0 Å². The minimum atomic E-state index is -0.664. The predicted octanol–water partition coefficient (Wildman–Crippen LogP) is 4.11. The van der Waals surface area contributed by atoms with Gasteiger partial charge in [0.05, 0.1) is 11.6 Å². The van der Waals surface area contributed by atoms with Crippen LogP contribution in [0.25, 0.3) is 0 Å². The van der Waals surface area contributed by atoms with Crippen molar-refractivity contribution in [1.82, 2.24) is 10.3 Å². The first-order valence-electron chi connectivity index (χ1n) is 8.38. The molecule has 0 saturated heterocycles. The summed E-state index contributed by atoms with van der Waals surface area (Å²) in [4.78, 5) is 15.6. The number of aliphatic carboxylic acids is 1. The molecule has 1 aromatic carbocycles. The summed E-state index contributed by atoms with van der Waals surface area (Å²) in [6.07, 6.45) is 3.33. The van der Waals surface area contributed by atoms with Crippen molar-refractivity contribution in [3.05, 3.63) is 45.4 Å². The molecule has 0 atom stereocenters. The van der Waals surface area contributed by atoms with Crippen molar-refractivity contribution in [2.75, 3.05) is 0 Å². The molecule has 134 valence electrons. The second-order valence-corrected chi connectivity index (χ2v) is 7.62. The number of thiazole rings is 1. The topological polar surface area (TPSA) is 71.5 Å². The third-order valence-corrected chi connectivity index (χ3v) is 5.55. The smallest absolute Gasteiger partial charge is 0.306 e. The molecule has 2 aromatic rings. The number of nitrogens with one attached hydrogen (secondary N) is 1. The fourth-order valence-electron chi connectivity index (χ4n) is 2.97. The molecule has 1 aliphatic carbocycles. The first-order valence-corrected chi connectivity index (χ1v) is 9.64. The maximum Gasteiger partial charge on any atom is 0.306 e. The Morgan fingerprint density at radius 1 is 1.28 bits per heavy atom. The number of hydrogen-bond donors (Lipinski definition) is 2. The van der Waals surface area contributed by atoms with Gasteiger partial charge in [0.15, 0.2) is 0 Å². The second kappa shape index (κ2) is 8.65. The van der Waals surface area contributed by atoms with Crippen LogP contribution in [0, 0.1) is 5.92 Å². The van der Waals surface area contributed by atoms with E-state index in [0.29, 0.717) is 24.2 Å². The molecule has 0 amide bonds. The lowest BCUT2D eigenvalue weighted by Crippen LogP contribution is -2.34. The number of aromatic nitrogens is 1. The average Bonchev–Trinajstić information content (AvgIpc) is 3.08. The van der Waals surface area contributed by atoms with E-state index in [4.69, 9.17) is 21.4 Å². The molecule has 1 aliphatic rings. The summed E-state index contributed by atoms with van der Waals surface area (Å²) in [5.41, 5.74) is 1.00. The molecule has 1 saturated carbocycles. The molecule has 0 unspecified atom stereocenters. The fourth-order valence-corrected chi connectivity index (χ4v) is 3.80. The van der Waals surface area contributed by atoms with Crippen LogP contribution in [0.4, 0.5) is 0 Å². The first kappa shape index (κ1) is 18.2. The Kier molecular flexibility index (Phi) is 6.29. The van der Waals surface area contributed by atoms with Gasteiger partial charge in [-0.2, -0.15) is 0 Å². The van der Waals surface area contributed by atoms with Gasteiger partial charge in [-0.3, -0.25) is 4.79 Å². The summed E-state index contributed by atoms with van der Waals surface area (Å²) in [5.74, 6) is -0.0633. The minimum absolute atomic E-state index is 0.172. The Bertz CT molecular complexity index is 697. The maximum atomic E-state index is 11.0. The highest BCUT2D eigenvalue weighted by Gasteiger charge is 2.25. The molecule has 5 nitrogen and oxygen atoms in total. The number of hydrogen-bond acceptors (Lipinski definition) is 5. The number of rotatable bonds is 7. The van der Waals surface area contributed by atoms with Crippen LogP contribution in [0.5, 0.6) is 5.75 Å². The zero-order valence-corrected chi connectivity index (χ0v) is 15.4. The van der Waals surface area contributed by atoms with Crippen molar-refractivity contribution in [2.24, 2.45) is 5.92 Å². The Morgan fingerprint density at radius 3 is 2.68 bits per heavy atom. The van der Waals surface area contributed by atoms with Gasteiger partial charge in [0, 0.05) is 23.0 Å². The standard InChI is InChI=1S/C18H21ClN2O3S/c19-13-3-7-16(8-4-13)24-10-17-21-15(11-25-17)9-20-14-5-1-12(2-6-14)18(22)23/h3-4,7-8,11-12,14,20H,1-2,5-6,9-10H2,(H,22,23). The summed E-state index contributed by atoms with van der Waals surface area (Å²) in [6.45, 7) is 1.15. The van der Waals surface area contributed by atoms with E-state index in [1.165, 1.54) is 0 Å². The summed E-state index contributed by atoms with van der Waals surface area (Å²) >= 11 is 7.44. The molecule has 0 bridgehead atoms. The van der Waals surface area contributed by atoms with Crippen LogP contribution in [0.1, 0.15) is 36.4 Å². The zero-order valence-electron chi connectivity index (χ0n) is 13.8. The molecule has 0 aliphatic heterocycles. The van der Waals surface area contributed by atoms with Crippen LogP contribution in [-0.4, -0.2) is 22.1 Å². The number of ether oxygens (including phenoxy) is 1. The lowest BCUT2D eigenvalue weighted by molar-refractivity contribution is -0.142. The molecule has 3 rings (SSSR count). The van der Waals surface area contributed by atoms with Crippen LogP contribution in [0.15, 0.2) is 29.6 Å². The van der Waals surface area contributed by atoms with Gasteiger partial charge in [-0.1, -0.05) is 11.6 Å². The molecule has 7 heteroatoms. The van der Waals surface area contributed by atoms with E-state index in [-0.39, 0.29) is 5.92 Å². The van der Waals surface area contributed by atoms with Crippen molar-refractivity contribution in [3.8, 4) is 5.75 Å². The Morgan fingerprint density at radius 2 is 2.00 bits per heavy atom. The second-order valence-electron chi connectivity index (χ2n) is 6.24. The molecule has 0 radical (unpaired) electrons. The number of benzene rings is 1. The molecule has 1 aromatic heterocycles. The summed E-state index contributed by atoms with van der Waals surface area (Å²) in [5, 5.41) is 16.2. The zero-order chi connectivity index (χ0) is 17.6. The van der Waals surface area contributed by atoms with E-state index in [0.717, 1.165) is 42.1 Å². The van der Waals surface area contributed by atoms with Gasteiger partial charge in [0.1, 0.15) is 17.4 Å². The quantitative estimate of drug-likeness (QED) is 0.756. The fraction of sp³-hybridized carbons (Fsp3) is 0.444. The van der Waals surface area contributed by atoms with E-state index in [9.17, 15) is 4.79 Å². The van der Waals surface area contributed by atoms with E-state index >= 15 is 0 Å². The number of carbonyl (C=O) groups is 1. The first-order chi connectivity index (χ1) is 12.1. The highest BCUT2D eigenvalue weighted by Crippen LogP contribution is 2.25. The SMILES string of the molecule is O=C(O)C1CCC(NCc2csc(COc3ccc(Cl)cc3)n2)CC1. The van der Waals surface area contributed by atoms with E-state index < -0.39 is 5.97 Å². The van der Waals surface area contributed by atoms with Gasteiger partial charge < -0.3 is 15.2 Å². The highest BCUT2D eigenvalue weighted by molar-refractivity contribution is 7.09. The Hall–Kier alpha value is -1.63. The van der Waals surface area contributed by atoms with E-state index in [2.05, 4.69) is 10.3 Å². The number of nitrogens with zero attached hydrogens (tertiary/aromatic N) is 1. The normalized spacial score (nSPS) is 20.4. The summed E-state index contributed by atoms with van der Waals surface area (Å²) in [7, 11) is 0. The number of carboxylic acid groups (broad SMARTS) is 1. The van der Waals surface area contributed by atoms with Crippen LogP contribution >= 0.6 is 22.9 Å². The van der Waals surface area contributed by atoms with Crippen molar-refractivity contribution < 1.29 is 14.6 Å². The van der Waals surface area contributed by atoms with Crippen LogP contribution in [-0.2, 0) is 17.9 Å². The summed E-state index contributed by atoms with van der Waals surface area (Å²) in [6, 6.07) is 7.66. The van der Waals surface area contributed by atoms with Crippen LogP contribution < -0.4 is 10.1 Å². The molecular weight excluding hydrogens is 360 g/mol. The molecule has 1 fully saturated rings. The van der Waals surface area contributed by atoms with E-state index in [1.54, 1.807) is 23.5 Å². The largest absolute Gasteiger partial charge is 0.486 e. The lowest BCUT2D eigenvalue weighted by atomic mass is 9.86. The molecule has 25 heavy (non-hydrogen) atoms. The summed E-state index contributed by atoms with van der Waals surface area (Å²) < 4.78 is 5.70.